The lowest BCUT2D eigenvalue weighted by atomic mass is 9.88. The van der Waals surface area contributed by atoms with Crippen LogP contribution in [0.4, 0.5) is 5.69 Å². The molecule has 1 N–H and O–H groups in total. The summed E-state index contributed by atoms with van der Waals surface area (Å²) >= 11 is 1.66. The van der Waals surface area contributed by atoms with Crippen molar-refractivity contribution in [1.29, 1.82) is 0 Å². The standard InChI is InChI=1S/C26H34N4O2S/c1-18-27-23(17-33-18)20-7-8-24-21(15-20)9-14-30(24)25(31)16-29-12-10-22(11-13-29)28-26(32)19-5-3-2-4-6-19/h7-8,15,17,19,22H,2-6,9-14,16H2,1H3,(H,28,32). The fourth-order valence-electron chi connectivity index (χ4n) is 5.51. The van der Waals surface area contributed by atoms with E-state index in [1.807, 2.05) is 11.8 Å². The lowest BCUT2D eigenvalue weighted by Gasteiger charge is -2.34. The first-order valence-corrected chi connectivity index (χ1v) is 13.3. The second-order valence-electron chi connectivity index (χ2n) is 9.78. The van der Waals surface area contributed by atoms with E-state index >= 15 is 0 Å². The number of thiazole rings is 1. The number of benzene rings is 1. The van der Waals surface area contributed by atoms with Crippen molar-refractivity contribution < 1.29 is 9.59 Å². The number of amides is 2. The van der Waals surface area contributed by atoms with Gasteiger partial charge in [0.25, 0.3) is 0 Å². The number of aryl methyl sites for hydroxylation is 1. The maximum absolute atomic E-state index is 13.1. The van der Waals surface area contributed by atoms with Crippen molar-refractivity contribution in [3.63, 3.8) is 0 Å². The van der Waals surface area contributed by atoms with Crippen LogP contribution in [0, 0.1) is 12.8 Å². The quantitative estimate of drug-likeness (QED) is 0.718. The molecule has 2 aliphatic heterocycles. The molecule has 7 heteroatoms. The number of hydrogen-bond acceptors (Lipinski definition) is 5. The average Bonchev–Trinajstić information content (AvgIpc) is 3.46. The monoisotopic (exact) mass is 466 g/mol. The molecule has 0 spiro atoms. The minimum atomic E-state index is 0.177. The van der Waals surface area contributed by atoms with Gasteiger partial charge >= 0.3 is 0 Å². The normalized spacial score (nSPS) is 20.1. The molecule has 1 aromatic heterocycles. The summed E-state index contributed by atoms with van der Waals surface area (Å²) in [6.45, 7) is 4.96. The van der Waals surface area contributed by atoms with Crippen molar-refractivity contribution in [2.24, 2.45) is 5.92 Å². The van der Waals surface area contributed by atoms with Crippen LogP contribution in [0.1, 0.15) is 55.5 Å². The van der Waals surface area contributed by atoms with Crippen LogP contribution in [-0.2, 0) is 16.0 Å². The van der Waals surface area contributed by atoms with Crippen LogP contribution in [0.5, 0.6) is 0 Å². The molecule has 0 radical (unpaired) electrons. The first kappa shape index (κ1) is 22.5. The lowest BCUT2D eigenvalue weighted by Crippen LogP contribution is -2.49. The molecule has 0 atom stereocenters. The van der Waals surface area contributed by atoms with Gasteiger partial charge in [-0.15, -0.1) is 11.3 Å². The van der Waals surface area contributed by atoms with Crippen molar-refractivity contribution in [2.75, 3.05) is 31.1 Å². The molecule has 176 valence electrons. The van der Waals surface area contributed by atoms with Crippen molar-refractivity contribution in [1.82, 2.24) is 15.2 Å². The molecule has 1 saturated heterocycles. The van der Waals surface area contributed by atoms with Gasteiger partial charge in [-0.3, -0.25) is 14.5 Å². The van der Waals surface area contributed by atoms with E-state index < -0.39 is 0 Å². The van der Waals surface area contributed by atoms with Crippen LogP contribution in [0.2, 0.25) is 0 Å². The fourth-order valence-corrected chi connectivity index (χ4v) is 6.13. The summed E-state index contributed by atoms with van der Waals surface area (Å²) in [5, 5.41) is 6.45. The predicted molar refractivity (Wildman–Crippen MR) is 133 cm³/mol. The topological polar surface area (TPSA) is 65.5 Å². The van der Waals surface area contributed by atoms with Gasteiger partial charge in [0.15, 0.2) is 0 Å². The van der Waals surface area contributed by atoms with E-state index in [9.17, 15) is 9.59 Å². The number of anilines is 1. The first-order chi connectivity index (χ1) is 16.1. The Bertz CT molecular complexity index is 1010. The van der Waals surface area contributed by atoms with Crippen LogP contribution >= 0.6 is 11.3 Å². The molecule has 2 amide bonds. The molecule has 1 saturated carbocycles. The van der Waals surface area contributed by atoms with Crippen LogP contribution in [0.3, 0.4) is 0 Å². The van der Waals surface area contributed by atoms with Crippen LogP contribution in [-0.4, -0.2) is 53.9 Å². The van der Waals surface area contributed by atoms with E-state index in [-0.39, 0.29) is 23.8 Å². The van der Waals surface area contributed by atoms with E-state index in [0.29, 0.717) is 6.54 Å². The Morgan fingerprint density at radius 2 is 1.88 bits per heavy atom. The second-order valence-corrected chi connectivity index (χ2v) is 10.8. The number of hydrogen-bond donors (Lipinski definition) is 1. The zero-order chi connectivity index (χ0) is 22.8. The Labute approximate surface area is 200 Å². The highest BCUT2D eigenvalue weighted by Crippen LogP contribution is 2.33. The molecule has 6 nitrogen and oxygen atoms in total. The molecular weight excluding hydrogens is 432 g/mol. The number of rotatable bonds is 5. The predicted octanol–water partition coefficient (Wildman–Crippen LogP) is 4.17. The number of fused-ring (bicyclic) bond motifs is 1. The number of aromatic nitrogens is 1. The largest absolute Gasteiger partial charge is 0.353 e. The van der Waals surface area contributed by atoms with Gasteiger partial charge in [-0.05, 0) is 56.7 Å². The fraction of sp³-hybridized carbons (Fsp3) is 0.577. The zero-order valence-electron chi connectivity index (χ0n) is 19.5. The Morgan fingerprint density at radius 1 is 1.09 bits per heavy atom. The van der Waals surface area contributed by atoms with Gasteiger partial charge in [0.1, 0.15) is 0 Å². The third-order valence-corrected chi connectivity index (χ3v) is 8.23. The number of piperidine rings is 1. The van der Waals surface area contributed by atoms with Gasteiger partial charge in [-0.1, -0.05) is 25.3 Å². The molecule has 3 heterocycles. The Balaban J connectivity index is 1.12. The number of nitrogens with one attached hydrogen (secondary N) is 1. The van der Waals surface area contributed by atoms with E-state index in [4.69, 9.17) is 0 Å². The molecular formula is C26H34N4O2S. The summed E-state index contributed by atoms with van der Waals surface area (Å²) in [6, 6.07) is 6.61. The number of carbonyl (C=O) groups excluding carboxylic acids is 2. The summed E-state index contributed by atoms with van der Waals surface area (Å²) < 4.78 is 0. The van der Waals surface area contributed by atoms with Crippen molar-refractivity contribution in [3.05, 3.63) is 34.2 Å². The van der Waals surface area contributed by atoms with Crippen molar-refractivity contribution in [3.8, 4) is 11.3 Å². The van der Waals surface area contributed by atoms with E-state index in [0.717, 1.165) is 73.7 Å². The maximum Gasteiger partial charge on any atom is 0.241 e. The molecule has 1 aliphatic carbocycles. The first-order valence-electron chi connectivity index (χ1n) is 12.5. The molecule has 5 rings (SSSR count). The van der Waals surface area contributed by atoms with Gasteiger partial charge in [-0.25, -0.2) is 4.98 Å². The third kappa shape index (κ3) is 5.14. The highest BCUT2D eigenvalue weighted by Gasteiger charge is 2.29. The van der Waals surface area contributed by atoms with E-state index in [1.165, 1.54) is 24.8 Å². The highest BCUT2D eigenvalue weighted by molar-refractivity contribution is 7.09. The molecule has 1 aromatic carbocycles. The van der Waals surface area contributed by atoms with E-state index in [1.54, 1.807) is 11.3 Å². The summed E-state index contributed by atoms with van der Waals surface area (Å²) in [5.74, 6) is 0.648. The average molecular weight is 467 g/mol. The van der Waals surface area contributed by atoms with Gasteiger partial charge in [0.05, 0.1) is 17.2 Å². The molecule has 0 bridgehead atoms. The third-order valence-electron chi connectivity index (χ3n) is 7.46. The Hall–Kier alpha value is -2.25. The van der Waals surface area contributed by atoms with Gasteiger partial charge in [0.2, 0.25) is 11.8 Å². The summed E-state index contributed by atoms with van der Waals surface area (Å²) in [6.07, 6.45) is 8.48. The summed E-state index contributed by atoms with van der Waals surface area (Å²) in [4.78, 5) is 34.4. The van der Waals surface area contributed by atoms with Crippen LogP contribution in [0.15, 0.2) is 23.6 Å². The van der Waals surface area contributed by atoms with Crippen molar-refractivity contribution >= 4 is 28.8 Å². The molecule has 2 fully saturated rings. The molecule has 2 aromatic rings. The summed E-state index contributed by atoms with van der Waals surface area (Å²) in [7, 11) is 0. The number of carbonyl (C=O) groups is 2. The molecule has 33 heavy (non-hydrogen) atoms. The van der Waals surface area contributed by atoms with Crippen LogP contribution in [0.25, 0.3) is 11.3 Å². The van der Waals surface area contributed by atoms with Crippen molar-refractivity contribution in [2.45, 2.75) is 64.3 Å². The molecule has 0 unspecified atom stereocenters. The van der Waals surface area contributed by atoms with Crippen LogP contribution < -0.4 is 10.2 Å². The lowest BCUT2D eigenvalue weighted by molar-refractivity contribution is -0.127. The van der Waals surface area contributed by atoms with Gasteiger partial charge in [-0.2, -0.15) is 0 Å². The Morgan fingerprint density at radius 3 is 2.61 bits per heavy atom. The maximum atomic E-state index is 13.1. The van der Waals surface area contributed by atoms with Gasteiger partial charge in [0, 0.05) is 48.2 Å². The zero-order valence-corrected chi connectivity index (χ0v) is 20.3. The minimum Gasteiger partial charge on any atom is -0.353 e. The second kappa shape index (κ2) is 9.94. The van der Waals surface area contributed by atoms with Gasteiger partial charge < -0.3 is 10.2 Å². The highest BCUT2D eigenvalue weighted by atomic mass is 32.1. The summed E-state index contributed by atoms with van der Waals surface area (Å²) in [5.41, 5.74) is 4.43. The SMILES string of the molecule is Cc1nc(-c2ccc3c(c2)CCN3C(=O)CN2CCC(NC(=O)C3CCCCC3)CC2)cs1. The minimum absolute atomic E-state index is 0.177. The number of nitrogens with zero attached hydrogens (tertiary/aromatic N) is 3. The molecule has 3 aliphatic rings. The Kier molecular flexibility index (Phi) is 6.79. The number of likely N-dealkylation sites (tertiary alicyclic amines) is 1. The van der Waals surface area contributed by atoms with E-state index in [2.05, 4.69) is 38.8 Å². The smallest absolute Gasteiger partial charge is 0.241 e.